The van der Waals surface area contributed by atoms with Crippen LogP contribution in [0.1, 0.15) is 43.6 Å². The van der Waals surface area contributed by atoms with Crippen molar-refractivity contribution in [1.82, 2.24) is 5.32 Å². The van der Waals surface area contributed by atoms with Gasteiger partial charge in [0.1, 0.15) is 0 Å². The number of hydrogen-bond donors (Lipinski definition) is 3. The molecule has 1 aromatic carbocycles. The normalized spacial score (nSPS) is 13.3. The summed E-state index contributed by atoms with van der Waals surface area (Å²) >= 11 is 0. The fourth-order valence-corrected chi connectivity index (χ4v) is 2.31. The second-order valence-corrected chi connectivity index (χ2v) is 6.71. The summed E-state index contributed by atoms with van der Waals surface area (Å²) in [6, 6.07) is 6.66. The molecule has 0 bridgehead atoms. The molecule has 0 aliphatic heterocycles. The number of aliphatic hydroxyl groups is 1. The highest BCUT2D eigenvalue weighted by molar-refractivity contribution is 5.94. The summed E-state index contributed by atoms with van der Waals surface area (Å²) in [5, 5.41) is 12.9. The van der Waals surface area contributed by atoms with Gasteiger partial charge < -0.3 is 16.2 Å². The molecule has 1 unspecified atom stereocenters. The van der Waals surface area contributed by atoms with E-state index in [1.54, 1.807) is 30.3 Å². The second kappa shape index (κ2) is 7.92. The summed E-state index contributed by atoms with van der Waals surface area (Å²) in [4.78, 5) is 22.9. The quantitative estimate of drug-likeness (QED) is 0.671. The van der Waals surface area contributed by atoms with Gasteiger partial charge in [-0.25, -0.2) is 0 Å². The summed E-state index contributed by atoms with van der Waals surface area (Å²) in [5.74, 6) is -0.585. The zero-order valence-corrected chi connectivity index (χ0v) is 14.2. The number of nitrogens with two attached hydrogens (primary N) is 1. The molecular formula is C18H26N2O3. The molecular weight excluding hydrogens is 292 g/mol. The Kier molecular flexibility index (Phi) is 6.51. The van der Waals surface area contributed by atoms with Crippen LogP contribution in [0.4, 0.5) is 0 Å². The SMILES string of the molecule is CC(C)C(O)C(C)(C)CNC(=O)/C=C/c1ccc(C(N)=O)cc1. The van der Waals surface area contributed by atoms with E-state index in [2.05, 4.69) is 5.32 Å². The Bertz CT molecular complexity index is 574. The van der Waals surface area contributed by atoms with Crippen molar-refractivity contribution in [3.8, 4) is 0 Å². The lowest BCUT2D eigenvalue weighted by atomic mass is 9.81. The Morgan fingerprint density at radius 2 is 1.83 bits per heavy atom. The molecule has 2 amide bonds. The van der Waals surface area contributed by atoms with E-state index in [4.69, 9.17) is 5.73 Å². The van der Waals surface area contributed by atoms with Crippen molar-refractivity contribution >= 4 is 17.9 Å². The summed E-state index contributed by atoms with van der Waals surface area (Å²) < 4.78 is 0. The van der Waals surface area contributed by atoms with E-state index in [0.29, 0.717) is 12.1 Å². The van der Waals surface area contributed by atoms with E-state index in [9.17, 15) is 14.7 Å². The molecule has 0 aliphatic carbocycles. The number of amides is 2. The van der Waals surface area contributed by atoms with Gasteiger partial charge in [0.05, 0.1) is 6.10 Å². The van der Waals surface area contributed by atoms with Crippen LogP contribution in [0, 0.1) is 11.3 Å². The molecule has 0 saturated carbocycles. The third kappa shape index (κ3) is 5.87. The molecule has 0 spiro atoms. The summed E-state index contributed by atoms with van der Waals surface area (Å²) in [6.07, 6.45) is 2.59. The predicted molar refractivity (Wildman–Crippen MR) is 91.6 cm³/mol. The minimum absolute atomic E-state index is 0.126. The standard InChI is InChI=1S/C18H26N2O3/c1-12(2)16(22)18(3,4)11-20-15(21)10-7-13-5-8-14(9-6-13)17(19)23/h5-10,12,16,22H,11H2,1-4H3,(H2,19,23)(H,20,21)/b10-7+. The van der Waals surface area contributed by atoms with Crippen molar-refractivity contribution in [2.24, 2.45) is 17.1 Å². The first-order valence-corrected chi connectivity index (χ1v) is 7.67. The zero-order valence-electron chi connectivity index (χ0n) is 14.2. The first-order valence-electron chi connectivity index (χ1n) is 7.67. The Labute approximate surface area is 137 Å². The highest BCUT2D eigenvalue weighted by Gasteiger charge is 2.30. The Hall–Kier alpha value is -2.14. The monoisotopic (exact) mass is 318 g/mol. The van der Waals surface area contributed by atoms with Crippen LogP contribution in [0.3, 0.4) is 0 Å². The average Bonchev–Trinajstić information content (AvgIpc) is 2.50. The molecule has 0 fully saturated rings. The van der Waals surface area contributed by atoms with Crippen LogP contribution >= 0.6 is 0 Å². The van der Waals surface area contributed by atoms with Gasteiger partial charge in [-0.05, 0) is 29.7 Å². The number of carbonyl (C=O) groups excluding carboxylic acids is 2. The van der Waals surface area contributed by atoms with Crippen molar-refractivity contribution in [3.63, 3.8) is 0 Å². The third-order valence-electron chi connectivity index (χ3n) is 3.77. The number of benzene rings is 1. The van der Waals surface area contributed by atoms with Crippen LogP contribution < -0.4 is 11.1 Å². The lowest BCUT2D eigenvalue weighted by Crippen LogP contribution is -2.43. The molecule has 0 aliphatic rings. The molecule has 1 rings (SSSR count). The average molecular weight is 318 g/mol. The van der Waals surface area contributed by atoms with Crippen molar-refractivity contribution in [3.05, 3.63) is 41.5 Å². The summed E-state index contributed by atoms with van der Waals surface area (Å²) in [7, 11) is 0. The van der Waals surface area contributed by atoms with Gasteiger partial charge in [0.2, 0.25) is 11.8 Å². The highest BCUT2D eigenvalue weighted by Crippen LogP contribution is 2.25. The lowest BCUT2D eigenvalue weighted by molar-refractivity contribution is -0.117. The van der Waals surface area contributed by atoms with E-state index < -0.39 is 17.4 Å². The van der Waals surface area contributed by atoms with Crippen LogP contribution in [-0.2, 0) is 4.79 Å². The van der Waals surface area contributed by atoms with E-state index in [1.807, 2.05) is 27.7 Å². The molecule has 0 heterocycles. The van der Waals surface area contributed by atoms with Crippen LogP contribution in [0.25, 0.3) is 6.08 Å². The smallest absolute Gasteiger partial charge is 0.248 e. The topological polar surface area (TPSA) is 92.4 Å². The van der Waals surface area contributed by atoms with Gasteiger partial charge in [-0.1, -0.05) is 39.8 Å². The molecule has 1 atom stereocenters. The second-order valence-electron chi connectivity index (χ2n) is 6.71. The number of nitrogens with one attached hydrogen (secondary N) is 1. The molecule has 5 heteroatoms. The molecule has 1 aromatic rings. The van der Waals surface area contributed by atoms with Gasteiger partial charge in [0.15, 0.2) is 0 Å². The van der Waals surface area contributed by atoms with Crippen molar-refractivity contribution < 1.29 is 14.7 Å². The van der Waals surface area contributed by atoms with Crippen LogP contribution in [0.2, 0.25) is 0 Å². The van der Waals surface area contributed by atoms with Gasteiger partial charge in [-0.15, -0.1) is 0 Å². The number of hydrogen-bond acceptors (Lipinski definition) is 3. The lowest BCUT2D eigenvalue weighted by Gasteiger charge is -2.33. The van der Waals surface area contributed by atoms with E-state index >= 15 is 0 Å². The largest absolute Gasteiger partial charge is 0.392 e. The van der Waals surface area contributed by atoms with E-state index in [0.717, 1.165) is 5.56 Å². The van der Waals surface area contributed by atoms with Gasteiger partial charge >= 0.3 is 0 Å². The molecule has 0 aromatic heterocycles. The Morgan fingerprint density at radius 3 is 2.30 bits per heavy atom. The maximum atomic E-state index is 11.9. The Balaban J connectivity index is 2.58. The number of primary amides is 1. The fraction of sp³-hybridized carbons (Fsp3) is 0.444. The van der Waals surface area contributed by atoms with Crippen molar-refractivity contribution in [1.29, 1.82) is 0 Å². The predicted octanol–water partition coefficient (Wildman–Crippen LogP) is 1.96. The minimum atomic E-state index is -0.492. The molecule has 23 heavy (non-hydrogen) atoms. The number of aliphatic hydroxyl groups excluding tert-OH is 1. The van der Waals surface area contributed by atoms with Crippen molar-refractivity contribution in [2.45, 2.75) is 33.8 Å². The van der Waals surface area contributed by atoms with Gasteiger partial charge in [0, 0.05) is 23.6 Å². The van der Waals surface area contributed by atoms with Gasteiger partial charge in [-0.3, -0.25) is 9.59 Å². The Morgan fingerprint density at radius 1 is 1.26 bits per heavy atom. The highest BCUT2D eigenvalue weighted by atomic mass is 16.3. The maximum Gasteiger partial charge on any atom is 0.248 e. The number of carbonyl (C=O) groups is 2. The summed E-state index contributed by atoms with van der Waals surface area (Å²) in [5.41, 5.74) is 5.99. The molecule has 0 radical (unpaired) electrons. The van der Waals surface area contributed by atoms with Crippen LogP contribution in [0.5, 0.6) is 0 Å². The summed E-state index contributed by atoms with van der Waals surface area (Å²) in [6.45, 7) is 8.12. The third-order valence-corrected chi connectivity index (χ3v) is 3.77. The first kappa shape index (κ1) is 18.9. The fourth-order valence-electron chi connectivity index (χ4n) is 2.31. The van der Waals surface area contributed by atoms with Gasteiger partial charge in [-0.2, -0.15) is 0 Å². The van der Waals surface area contributed by atoms with E-state index in [1.165, 1.54) is 6.08 Å². The maximum absolute atomic E-state index is 11.9. The van der Waals surface area contributed by atoms with E-state index in [-0.39, 0.29) is 11.8 Å². The van der Waals surface area contributed by atoms with Crippen LogP contribution in [-0.4, -0.2) is 29.6 Å². The molecule has 126 valence electrons. The first-order chi connectivity index (χ1) is 10.6. The molecule has 0 saturated heterocycles. The van der Waals surface area contributed by atoms with Crippen LogP contribution in [0.15, 0.2) is 30.3 Å². The molecule has 4 N–H and O–H groups in total. The number of rotatable bonds is 7. The zero-order chi connectivity index (χ0) is 17.6. The molecule has 5 nitrogen and oxygen atoms in total. The minimum Gasteiger partial charge on any atom is -0.392 e. The van der Waals surface area contributed by atoms with Crippen molar-refractivity contribution in [2.75, 3.05) is 6.54 Å². The van der Waals surface area contributed by atoms with Gasteiger partial charge in [0.25, 0.3) is 0 Å².